The summed E-state index contributed by atoms with van der Waals surface area (Å²) < 4.78 is 40.3. The van der Waals surface area contributed by atoms with Crippen molar-refractivity contribution in [3.05, 3.63) is 76.3 Å². The molecule has 0 amide bonds. The average molecular weight is 349 g/mol. The van der Waals surface area contributed by atoms with Crippen LogP contribution in [0.1, 0.15) is 18.2 Å². The van der Waals surface area contributed by atoms with Gasteiger partial charge < -0.3 is 0 Å². The second-order valence-electron chi connectivity index (χ2n) is 5.22. The molecule has 0 aromatic carbocycles. The van der Waals surface area contributed by atoms with Crippen LogP contribution in [0.2, 0.25) is 0 Å². The number of allylic oxidation sites excluding steroid dienone is 8. The molecule has 1 aromatic heterocycles. The molecule has 0 saturated carbocycles. The molecule has 0 atom stereocenters. The molecule has 132 valence electrons. The molecule has 1 aliphatic heterocycles. The Bertz CT molecular complexity index is 846. The van der Waals surface area contributed by atoms with E-state index in [9.17, 15) is 18.0 Å². The summed E-state index contributed by atoms with van der Waals surface area (Å²) in [5.74, 6) is 0. The van der Waals surface area contributed by atoms with Crippen LogP contribution in [0.3, 0.4) is 0 Å². The molecule has 0 fully saturated rings. The largest absolute Gasteiger partial charge is 0.416 e. The number of rotatable bonds is 3. The van der Waals surface area contributed by atoms with Crippen LogP contribution >= 0.6 is 0 Å². The highest BCUT2D eigenvalue weighted by Gasteiger charge is 2.31. The zero-order chi connectivity index (χ0) is 18.4. The number of nitrogens with one attached hydrogen (secondary N) is 1. The van der Waals surface area contributed by atoms with Crippen molar-refractivity contribution < 1.29 is 13.2 Å². The topological polar surface area (TPSA) is 50.1 Å². The lowest BCUT2D eigenvalue weighted by molar-refractivity contribution is -0.0884. The van der Waals surface area contributed by atoms with E-state index in [1.165, 1.54) is 23.0 Å². The standard InChI is InChI=1S/C18H18F3N3O/c1-3-5-8-14(4-2)24-17(25)15-12-22-11-6-7-13(18(19,20)21)9-10-16(15)23-24/h3-9,12,23H,2,10-11H2,1H3/b5-3-,7-6-,13-9+,14-8+,22-12?. The summed E-state index contributed by atoms with van der Waals surface area (Å²) in [5, 5.41) is 2.85. The average Bonchev–Trinajstić information content (AvgIpc) is 2.87. The highest BCUT2D eigenvalue weighted by molar-refractivity contribution is 5.81. The van der Waals surface area contributed by atoms with Gasteiger partial charge in [-0.3, -0.25) is 14.9 Å². The van der Waals surface area contributed by atoms with E-state index >= 15 is 0 Å². The summed E-state index contributed by atoms with van der Waals surface area (Å²) in [5.41, 5.74) is -0.0733. The van der Waals surface area contributed by atoms with Gasteiger partial charge in [0, 0.05) is 12.6 Å². The molecule has 2 heterocycles. The smallest absolute Gasteiger partial charge is 0.294 e. The van der Waals surface area contributed by atoms with E-state index in [4.69, 9.17) is 0 Å². The molecule has 0 spiro atoms. The third-order valence-corrected chi connectivity index (χ3v) is 3.51. The van der Waals surface area contributed by atoms with Crippen molar-refractivity contribution in [3.8, 4) is 0 Å². The Labute approximate surface area is 143 Å². The zero-order valence-corrected chi connectivity index (χ0v) is 13.7. The van der Waals surface area contributed by atoms with E-state index in [0.717, 1.165) is 12.2 Å². The molecule has 0 aliphatic carbocycles. The number of hydrogen-bond donors (Lipinski definition) is 1. The Morgan fingerprint density at radius 1 is 1.44 bits per heavy atom. The molecule has 0 bridgehead atoms. The van der Waals surface area contributed by atoms with E-state index in [0.29, 0.717) is 11.4 Å². The number of hydrogen-bond acceptors (Lipinski definition) is 2. The lowest BCUT2D eigenvalue weighted by atomic mass is 10.1. The molecule has 1 N–H and O–H groups in total. The van der Waals surface area contributed by atoms with Crippen LogP contribution < -0.4 is 5.56 Å². The minimum atomic E-state index is -4.46. The van der Waals surface area contributed by atoms with Crippen molar-refractivity contribution in [2.24, 2.45) is 4.99 Å². The molecule has 25 heavy (non-hydrogen) atoms. The lowest BCUT2D eigenvalue weighted by Gasteiger charge is -2.08. The second kappa shape index (κ2) is 7.83. The van der Waals surface area contributed by atoms with Gasteiger partial charge in [0.25, 0.3) is 5.56 Å². The van der Waals surface area contributed by atoms with Gasteiger partial charge in [-0.15, -0.1) is 0 Å². The molecule has 1 aromatic rings. The molecule has 0 unspecified atom stereocenters. The van der Waals surface area contributed by atoms with Gasteiger partial charge in [-0.1, -0.05) is 37.0 Å². The van der Waals surface area contributed by atoms with Crippen molar-refractivity contribution >= 4 is 11.9 Å². The number of alkyl halides is 3. The Morgan fingerprint density at radius 3 is 2.84 bits per heavy atom. The van der Waals surface area contributed by atoms with Crippen LogP contribution in [0.4, 0.5) is 13.2 Å². The Kier molecular flexibility index (Phi) is 5.80. The fraction of sp³-hybridized carbons (Fsp3) is 0.222. The maximum Gasteiger partial charge on any atom is 0.416 e. The quantitative estimate of drug-likeness (QED) is 0.829. The van der Waals surface area contributed by atoms with Crippen LogP contribution in [-0.4, -0.2) is 28.7 Å². The Morgan fingerprint density at radius 2 is 2.20 bits per heavy atom. The normalized spacial score (nSPS) is 19.4. The van der Waals surface area contributed by atoms with Crippen molar-refractivity contribution in [3.63, 3.8) is 0 Å². The van der Waals surface area contributed by atoms with E-state index in [1.54, 1.807) is 18.2 Å². The molecule has 0 radical (unpaired) electrons. The van der Waals surface area contributed by atoms with Gasteiger partial charge in [0.1, 0.15) is 0 Å². The second-order valence-corrected chi connectivity index (χ2v) is 5.22. The van der Waals surface area contributed by atoms with E-state index in [2.05, 4.69) is 16.7 Å². The highest BCUT2D eigenvalue weighted by atomic mass is 19.4. The third kappa shape index (κ3) is 4.37. The lowest BCUT2D eigenvalue weighted by Crippen LogP contribution is -2.17. The molecule has 4 nitrogen and oxygen atoms in total. The van der Waals surface area contributed by atoms with Crippen molar-refractivity contribution in [2.45, 2.75) is 19.5 Å². The number of halogens is 3. The first-order valence-corrected chi connectivity index (χ1v) is 7.62. The molecule has 1 aliphatic rings. The van der Waals surface area contributed by atoms with Gasteiger partial charge in [-0.25, -0.2) is 4.68 Å². The van der Waals surface area contributed by atoms with Crippen molar-refractivity contribution in [2.75, 3.05) is 6.54 Å². The Hall–Kier alpha value is -2.83. The van der Waals surface area contributed by atoms with Crippen molar-refractivity contribution in [1.82, 2.24) is 9.78 Å². The van der Waals surface area contributed by atoms with Gasteiger partial charge >= 0.3 is 6.18 Å². The van der Waals surface area contributed by atoms with Gasteiger partial charge in [0.15, 0.2) is 0 Å². The zero-order valence-electron chi connectivity index (χ0n) is 13.7. The predicted octanol–water partition coefficient (Wildman–Crippen LogP) is 3.80. The van der Waals surface area contributed by atoms with Gasteiger partial charge in [-0.2, -0.15) is 13.2 Å². The first-order chi connectivity index (χ1) is 11.9. The SMILES string of the molecule is C=C/C(=C\C=C/C)n1[nH]c2c(c1=O)C=NC/C=C\C(C(F)(F)F)=C/C2. The van der Waals surface area contributed by atoms with E-state index in [-0.39, 0.29) is 24.1 Å². The van der Waals surface area contributed by atoms with Crippen LogP contribution in [0.15, 0.2) is 64.5 Å². The molecular formula is C18H18F3N3O. The van der Waals surface area contributed by atoms with E-state index in [1.807, 2.05) is 6.92 Å². The maximum absolute atomic E-state index is 13.0. The van der Waals surface area contributed by atoms with Gasteiger partial charge in [0.2, 0.25) is 0 Å². The summed E-state index contributed by atoms with van der Waals surface area (Å²) in [6, 6.07) is 0. The highest BCUT2D eigenvalue weighted by Crippen LogP contribution is 2.27. The minimum absolute atomic E-state index is 0.0558. The number of fused-ring (bicyclic) bond motifs is 1. The summed E-state index contributed by atoms with van der Waals surface area (Å²) >= 11 is 0. The first-order valence-electron chi connectivity index (χ1n) is 7.62. The predicted molar refractivity (Wildman–Crippen MR) is 93.8 cm³/mol. The summed E-state index contributed by atoms with van der Waals surface area (Å²) in [6.07, 6.45) is 6.90. The number of aromatic nitrogens is 2. The van der Waals surface area contributed by atoms with Crippen LogP contribution in [-0.2, 0) is 6.42 Å². The maximum atomic E-state index is 13.0. The number of aromatic amines is 1. The van der Waals surface area contributed by atoms with Gasteiger partial charge in [-0.05, 0) is 19.1 Å². The molecular weight excluding hydrogens is 331 g/mol. The molecule has 7 heteroatoms. The number of nitrogens with zero attached hydrogens (tertiary/aromatic N) is 2. The molecule has 0 saturated heterocycles. The van der Waals surface area contributed by atoms with Gasteiger partial charge in [0.05, 0.1) is 29.1 Å². The van der Waals surface area contributed by atoms with Crippen LogP contribution in [0, 0.1) is 0 Å². The summed E-state index contributed by atoms with van der Waals surface area (Å²) in [7, 11) is 0. The minimum Gasteiger partial charge on any atom is -0.294 e. The monoisotopic (exact) mass is 349 g/mol. The van der Waals surface area contributed by atoms with Crippen LogP contribution in [0.5, 0.6) is 0 Å². The fourth-order valence-corrected chi connectivity index (χ4v) is 2.27. The van der Waals surface area contributed by atoms with Crippen molar-refractivity contribution in [1.29, 1.82) is 0 Å². The first kappa shape index (κ1) is 18.5. The number of aliphatic imine (C=N–C) groups is 1. The van der Waals surface area contributed by atoms with Crippen LogP contribution in [0.25, 0.3) is 5.70 Å². The molecule has 2 rings (SSSR count). The third-order valence-electron chi connectivity index (χ3n) is 3.51. The Balaban J connectivity index is 2.56. The summed E-state index contributed by atoms with van der Waals surface area (Å²) in [6.45, 7) is 5.54. The van der Waals surface area contributed by atoms with E-state index < -0.39 is 11.7 Å². The number of H-pyrrole nitrogens is 1. The summed E-state index contributed by atoms with van der Waals surface area (Å²) in [4.78, 5) is 16.6. The fourth-order valence-electron chi connectivity index (χ4n) is 2.27.